The molecule has 0 aliphatic carbocycles. The maximum Gasteiger partial charge on any atom is 0.235 e. The summed E-state index contributed by atoms with van der Waals surface area (Å²) < 4.78 is 7.32. The number of nitrogens with zero attached hydrogens (tertiary/aromatic N) is 4. The second-order valence-corrected chi connectivity index (χ2v) is 17.9. The van der Waals surface area contributed by atoms with E-state index < -0.39 is 0 Å². The maximum absolute atomic E-state index is 5.62. The van der Waals surface area contributed by atoms with Crippen molar-refractivity contribution < 1.29 is 0 Å². The van der Waals surface area contributed by atoms with Gasteiger partial charge in [0.15, 0.2) is 0 Å². The number of fused-ring (bicyclic) bond motifs is 14. The van der Waals surface area contributed by atoms with E-state index in [0.29, 0.717) is 5.95 Å². The summed E-state index contributed by atoms with van der Waals surface area (Å²) in [5, 5.41) is 18.8. The normalized spacial score (nSPS) is 12.4. The lowest BCUT2D eigenvalue weighted by Gasteiger charge is -2.17. The fraction of sp³-hybridized carbons (Fsp3) is 0. The molecule has 290 valence electrons. The predicted octanol–water partition coefficient (Wildman–Crippen LogP) is 15.9. The van der Waals surface area contributed by atoms with Crippen molar-refractivity contribution in [2.45, 2.75) is 0 Å². The van der Waals surface area contributed by atoms with Crippen LogP contribution in [0.15, 0.2) is 194 Å². The van der Waals surface area contributed by atoms with Crippen molar-refractivity contribution in [1.29, 1.82) is 0 Å². The highest BCUT2D eigenvalue weighted by Gasteiger charge is 2.24. The molecule has 15 aromatic rings. The molecule has 4 nitrogen and oxygen atoms in total. The third-order valence-corrected chi connectivity index (χ3v) is 14.7. The molecular formula is C58H32N4S. The molecule has 0 atom stereocenters. The number of aromatic nitrogens is 4. The van der Waals surface area contributed by atoms with Crippen molar-refractivity contribution in [3.8, 4) is 22.9 Å². The Labute approximate surface area is 363 Å². The van der Waals surface area contributed by atoms with Gasteiger partial charge in [-0.25, -0.2) is 9.97 Å². The van der Waals surface area contributed by atoms with Crippen molar-refractivity contribution in [2.75, 3.05) is 0 Å². The number of para-hydroxylation sites is 4. The molecule has 0 saturated heterocycles. The van der Waals surface area contributed by atoms with Crippen molar-refractivity contribution >= 4 is 129 Å². The molecule has 0 aliphatic rings. The average molecular weight is 817 g/mol. The van der Waals surface area contributed by atoms with Crippen molar-refractivity contribution in [2.24, 2.45) is 0 Å². The number of hydrogen-bond acceptors (Lipinski definition) is 3. The van der Waals surface area contributed by atoms with Gasteiger partial charge in [-0.05, 0) is 104 Å². The molecule has 0 amide bonds. The van der Waals surface area contributed by atoms with E-state index in [1.165, 1.54) is 90.3 Å². The lowest BCUT2D eigenvalue weighted by Crippen LogP contribution is -2.03. The smallest absolute Gasteiger partial charge is 0.235 e. The Morgan fingerprint density at radius 3 is 1.73 bits per heavy atom. The molecular weight excluding hydrogens is 785 g/mol. The second-order valence-electron chi connectivity index (χ2n) is 16.8. The summed E-state index contributed by atoms with van der Waals surface area (Å²) >= 11 is 1.89. The van der Waals surface area contributed by atoms with E-state index in [1.807, 2.05) is 11.3 Å². The van der Waals surface area contributed by atoms with Crippen LogP contribution in [-0.2, 0) is 0 Å². The van der Waals surface area contributed by atoms with Gasteiger partial charge >= 0.3 is 0 Å². The first-order valence-electron chi connectivity index (χ1n) is 21.5. The molecule has 0 fully saturated rings. The first-order valence-corrected chi connectivity index (χ1v) is 22.3. The van der Waals surface area contributed by atoms with Gasteiger partial charge in [0.1, 0.15) is 0 Å². The van der Waals surface area contributed by atoms with Gasteiger partial charge in [-0.15, -0.1) is 11.3 Å². The molecule has 0 N–H and O–H groups in total. The van der Waals surface area contributed by atoms with E-state index in [0.717, 1.165) is 44.4 Å². The maximum atomic E-state index is 5.62. The monoisotopic (exact) mass is 816 g/mol. The Morgan fingerprint density at radius 2 is 0.921 bits per heavy atom. The molecule has 0 aliphatic heterocycles. The van der Waals surface area contributed by atoms with Gasteiger partial charge in [0.25, 0.3) is 0 Å². The quantitative estimate of drug-likeness (QED) is 0.132. The van der Waals surface area contributed by atoms with Crippen LogP contribution in [0.4, 0.5) is 0 Å². The van der Waals surface area contributed by atoms with Crippen molar-refractivity contribution in [3.05, 3.63) is 194 Å². The largest absolute Gasteiger partial charge is 0.309 e. The van der Waals surface area contributed by atoms with Gasteiger partial charge in [-0.3, -0.25) is 4.57 Å². The first-order chi connectivity index (χ1) is 31.3. The SMILES string of the molecule is c1ccc(-n2c3ccccc3c3cc(-c4nc(-n5c6ccccc6c6c7cccc8c9cccc%10c%11c(cc(c(cc65)c87)c9%10)sc5ccccc5%11)nc5ccccc45)ccc32)cc1. The zero-order valence-electron chi connectivity index (χ0n) is 33.7. The Bertz CT molecular complexity index is 4440. The molecule has 15 rings (SSSR count). The van der Waals surface area contributed by atoms with E-state index in [9.17, 15) is 0 Å². The molecule has 0 radical (unpaired) electrons. The third kappa shape index (κ3) is 4.43. The Morgan fingerprint density at radius 1 is 0.317 bits per heavy atom. The Hall–Kier alpha value is -8.12. The van der Waals surface area contributed by atoms with Gasteiger partial charge in [0.2, 0.25) is 5.95 Å². The van der Waals surface area contributed by atoms with Gasteiger partial charge in [-0.2, -0.15) is 0 Å². The average Bonchev–Trinajstić information content (AvgIpc) is 4.00. The van der Waals surface area contributed by atoms with Gasteiger partial charge < -0.3 is 4.57 Å². The topological polar surface area (TPSA) is 35.6 Å². The standard InChI is InChI=1S/C58H32N4S/c1-2-14-34(15-3-1)61-47-25-9-5-16-35(47)43-30-33(28-29-49(43)61)57-38-17-4-8-24-46(38)59-58(60-57)62-48-26-10-6-18-39(48)55-41-22-12-20-36-37-21-13-23-42-54(37)45(44(53(36)41)31-50(55)62)32-52-56(42)40-19-7-11-27-51(40)63-52/h1-32H. The summed E-state index contributed by atoms with van der Waals surface area (Å²) in [6.07, 6.45) is 0. The fourth-order valence-electron chi connectivity index (χ4n) is 11.1. The zero-order chi connectivity index (χ0) is 40.9. The minimum atomic E-state index is 0.658. The lowest BCUT2D eigenvalue weighted by atomic mass is 9.87. The van der Waals surface area contributed by atoms with Gasteiger partial charge in [-0.1, -0.05) is 133 Å². The highest BCUT2D eigenvalue weighted by molar-refractivity contribution is 7.26. The molecule has 4 heterocycles. The van der Waals surface area contributed by atoms with Crippen molar-refractivity contribution in [3.63, 3.8) is 0 Å². The van der Waals surface area contributed by atoms with Gasteiger partial charge in [0, 0.05) is 58.4 Å². The fourth-order valence-corrected chi connectivity index (χ4v) is 12.2. The third-order valence-electron chi connectivity index (χ3n) is 13.6. The molecule has 0 saturated carbocycles. The van der Waals surface area contributed by atoms with E-state index in [2.05, 4.69) is 203 Å². The molecule has 0 spiro atoms. The molecule has 0 unspecified atom stereocenters. The summed E-state index contributed by atoms with van der Waals surface area (Å²) in [6.45, 7) is 0. The Balaban J connectivity index is 1.05. The summed E-state index contributed by atoms with van der Waals surface area (Å²) in [5.74, 6) is 0.658. The minimum Gasteiger partial charge on any atom is -0.309 e. The highest BCUT2D eigenvalue weighted by atomic mass is 32.1. The number of benzene rings is 11. The molecule has 63 heavy (non-hydrogen) atoms. The van der Waals surface area contributed by atoms with Crippen LogP contribution in [0.3, 0.4) is 0 Å². The van der Waals surface area contributed by atoms with Crippen LogP contribution in [0.2, 0.25) is 0 Å². The number of rotatable bonds is 3. The second kappa shape index (κ2) is 12.3. The van der Waals surface area contributed by atoms with Crippen molar-refractivity contribution in [1.82, 2.24) is 19.1 Å². The summed E-state index contributed by atoms with van der Waals surface area (Å²) in [5.41, 5.74) is 8.55. The van der Waals surface area contributed by atoms with Crippen LogP contribution in [0.25, 0.3) is 141 Å². The van der Waals surface area contributed by atoms with E-state index in [4.69, 9.17) is 9.97 Å². The van der Waals surface area contributed by atoms with Crippen LogP contribution >= 0.6 is 11.3 Å². The minimum absolute atomic E-state index is 0.658. The first kappa shape index (κ1) is 33.6. The summed E-state index contributed by atoms with van der Waals surface area (Å²) in [7, 11) is 0. The van der Waals surface area contributed by atoms with Crippen LogP contribution in [0.5, 0.6) is 0 Å². The lowest BCUT2D eigenvalue weighted by molar-refractivity contribution is 1.01. The van der Waals surface area contributed by atoms with E-state index in [-0.39, 0.29) is 0 Å². The van der Waals surface area contributed by atoms with E-state index in [1.54, 1.807) is 0 Å². The highest BCUT2D eigenvalue weighted by Crippen LogP contribution is 2.49. The molecule has 11 aromatic carbocycles. The molecule has 0 bridgehead atoms. The molecule has 5 heteroatoms. The summed E-state index contributed by atoms with van der Waals surface area (Å²) in [6, 6.07) is 70.9. The van der Waals surface area contributed by atoms with Crippen LogP contribution < -0.4 is 0 Å². The van der Waals surface area contributed by atoms with Crippen LogP contribution in [0.1, 0.15) is 0 Å². The van der Waals surface area contributed by atoms with Gasteiger partial charge in [0.05, 0.1) is 33.3 Å². The van der Waals surface area contributed by atoms with E-state index >= 15 is 0 Å². The number of hydrogen-bond donors (Lipinski definition) is 0. The van der Waals surface area contributed by atoms with Crippen LogP contribution in [0, 0.1) is 0 Å². The zero-order valence-corrected chi connectivity index (χ0v) is 34.5. The Kier molecular flexibility index (Phi) is 6.53. The van der Waals surface area contributed by atoms with Crippen LogP contribution in [-0.4, -0.2) is 19.1 Å². The number of thiophene rings is 1. The summed E-state index contributed by atoms with van der Waals surface area (Å²) in [4.78, 5) is 11.0. The predicted molar refractivity (Wildman–Crippen MR) is 268 cm³/mol. The molecule has 4 aromatic heterocycles.